The molecule has 10 nitrogen and oxygen atoms in total. The molecule has 3 rings (SSSR count). The first-order valence-corrected chi connectivity index (χ1v) is 17.6. The van der Waals surface area contributed by atoms with Gasteiger partial charge in [0, 0.05) is 32.1 Å². The molecule has 0 unspecified atom stereocenters. The Hall–Kier alpha value is -4.70. The molecule has 0 spiro atoms. The normalized spacial score (nSPS) is 27.7. The largest absolute Gasteiger partial charge is 0.508 e. The highest BCUT2D eigenvalue weighted by Crippen LogP contribution is 2.29. The molecule has 2 aromatic carbocycles. The van der Waals surface area contributed by atoms with Crippen molar-refractivity contribution in [2.45, 2.75) is 91.6 Å². The minimum Gasteiger partial charge on any atom is -0.508 e. The second kappa shape index (κ2) is 19.1. The molecule has 1 heterocycles. The molecule has 0 saturated heterocycles. The second-order valence-electron chi connectivity index (χ2n) is 14.0. The summed E-state index contributed by atoms with van der Waals surface area (Å²) in [5.74, 6) is -2.87. The minimum atomic E-state index is -1.12. The Morgan fingerprint density at radius 3 is 2.16 bits per heavy atom. The van der Waals surface area contributed by atoms with E-state index in [2.05, 4.69) is 10.6 Å². The van der Waals surface area contributed by atoms with Crippen molar-refractivity contribution in [2.75, 3.05) is 14.2 Å². The highest BCUT2D eigenvalue weighted by atomic mass is 16.5. The predicted octanol–water partition coefficient (Wildman–Crippen LogP) is 5.83. The number of rotatable bonds is 6. The van der Waals surface area contributed by atoms with Gasteiger partial charge in [0.25, 0.3) is 0 Å². The van der Waals surface area contributed by atoms with Crippen molar-refractivity contribution < 1.29 is 33.8 Å². The van der Waals surface area contributed by atoms with Crippen LogP contribution in [-0.2, 0) is 35.1 Å². The highest BCUT2D eigenvalue weighted by molar-refractivity contribution is 5.98. The van der Waals surface area contributed by atoms with Crippen LogP contribution in [0.3, 0.4) is 0 Å². The van der Waals surface area contributed by atoms with E-state index in [1.54, 1.807) is 33.2 Å². The third kappa shape index (κ3) is 11.4. The number of likely N-dealkylation sites (N-methyl/N-ethyl adjacent to an activating group) is 1. The van der Waals surface area contributed by atoms with Crippen LogP contribution in [0.25, 0.3) is 0 Å². The van der Waals surface area contributed by atoms with Gasteiger partial charge >= 0.3 is 5.97 Å². The number of allylic oxidation sites excluding steroid dienone is 2. The first-order valence-electron chi connectivity index (χ1n) is 17.6. The maximum atomic E-state index is 14.1. The average molecular weight is 702 g/mol. The van der Waals surface area contributed by atoms with E-state index in [4.69, 9.17) is 9.47 Å². The number of aromatic hydroxyl groups is 1. The molecule has 3 amide bonds. The van der Waals surface area contributed by atoms with Gasteiger partial charge in [-0.2, -0.15) is 0 Å². The van der Waals surface area contributed by atoms with Crippen molar-refractivity contribution in [3.05, 3.63) is 101 Å². The van der Waals surface area contributed by atoms with Crippen molar-refractivity contribution in [3.8, 4) is 5.75 Å². The first kappa shape index (κ1) is 40.7. The lowest BCUT2D eigenvalue weighted by atomic mass is 9.95. The van der Waals surface area contributed by atoms with Gasteiger partial charge in [-0.25, -0.2) is 4.79 Å². The Balaban J connectivity index is 2.13. The zero-order valence-corrected chi connectivity index (χ0v) is 31.4. The van der Waals surface area contributed by atoms with Crippen LogP contribution in [0, 0.1) is 17.8 Å². The smallest absolute Gasteiger partial charge is 0.329 e. The van der Waals surface area contributed by atoms with E-state index in [0.717, 1.165) is 11.1 Å². The fourth-order valence-electron chi connectivity index (χ4n) is 6.17. The second-order valence-corrected chi connectivity index (χ2v) is 14.0. The Morgan fingerprint density at radius 2 is 1.57 bits per heavy atom. The number of methoxy groups -OCH3 is 1. The molecule has 1 aliphatic rings. The van der Waals surface area contributed by atoms with Crippen LogP contribution < -0.4 is 10.6 Å². The summed E-state index contributed by atoms with van der Waals surface area (Å²) in [4.78, 5) is 57.1. The Kier molecular flexibility index (Phi) is 15.2. The van der Waals surface area contributed by atoms with Crippen LogP contribution in [-0.4, -0.2) is 72.1 Å². The van der Waals surface area contributed by atoms with Gasteiger partial charge in [-0.05, 0) is 60.9 Å². The van der Waals surface area contributed by atoms with Crippen LogP contribution in [0.5, 0.6) is 5.75 Å². The number of esters is 1. The summed E-state index contributed by atoms with van der Waals surface area (Å²) >= 11 is 0. The molecule has 1 aliphatic heterocycles. The number of nitrogens with one attached hydrogen (secondary N) is 2. The zero-order valence-electron chi connectivity index (χ0n) is 31.4. The number of hydrogen-bond donors (Lipinski definition) is 3. The van der Waals surface area contributed by atoms with Crippen molar-refractivity contribution in [1.82, 2.24) is 15.5 Å². The fraction of sp³-hybridized carbons (Fsp3) is 0.463. The lowest BCUT2D eigenvalue weighted by Gasteiger charge is -2.32. The van der Waals surface area contributed by atoms with Gasteiger partial charge in [0.1, 0.15) is 30.0 Å². The summed E-state index contributed by atoms with van der Waals surface area (Å²) in [6.07, 6.45) is 7.17. The number of amides is 3. The maximum absolute atomic E-state index is 14.1. The lowest BCUT2D eigenvalue weighted by Crippen LogP contribution is -2.58. The molecule has 0 bridgehead atoms. The monoisotopic (exact) mass is 701 g/mol. The van der Waals surface area contributed by atoms with Gasteiger partial charge in [0.2, 0.25) is 17.7 Å². The number of benzene rings is 2. The minimum absolute atomic E-state index is 0.0602. The molecule has 10 heteroatoms. The van der Waals surface area contributed by atoms with E-state index in [0.29, 0.717) is 17.6 Å². The highest BCUT2D eigenvalue weighted by Gasteiger charge is 2.36. The number of hydrogen-bond acceptors (Lipinski definition) is 7. The molecule has 3 N–H and O–H groups in total. The number of cyclic esters (lactones) is 1. The standard InChI is InChI=1S/C41H55N3O7/c1-25(2)35-41(49)51-37(31-16-11-10-12-17-31)28(6)15-13-14-27(5)34(50-9)23-18-29(7)40(48)44(8)36(26(3)4)39(47)42-33(38(46)43-35)24-30-19-21-32(45)22-20-30/h10-22,25-26,28,33-37,45H,23-24H2,1-9H3,(H,42,47)(H,43,46)/b15-13+,27-14-,29-18+/t28-,33-,34-,35+,36+,37+/m1/s1. The molecule has 0 radical (unpaired) electrons. The molecular weight excluding hydrogens is 646 g/mol. The first-order chi connectivity index (χ1) is 24.1. The molecule has 276 valence electrons. The predicted molar refractivity (Wildman–Crippen MR) is 198 cm³/mol. The van der Waals surface area contributed by atoms with E-state index < -0.39 is 42.0 Å². The molecule has 0 saturated carbocycles. The van der Waals surface area contributed by atoms with E-state index in [1.807, 2.05) is 96.2 Å². The van der Waals surface area contributed by atoms with E-state index in [9.17, 15) is 24.3 Å². The number of phenols is 1. The SMILES string of the molecule is CO[C@@H]1C/C=C(\C)C(=O)N(C)[C@@H](C(C)C)C(=O)N[C@H](Cc2ccc(O)cc2)C(=O)N[C@@H](C(C)C)C(=O)O[C@H](c2ccccc2)[C@H](C)/C=C/C=C\1C. The zero-order chi connectivity index (χ0) is 37.8. The van der Waals surface area contributed by atoms with Crippen LogP contribution in [0.1, 0.15) is 72.1 Å². The van der Waals surface area contributed by atoms with Crippen LogP contribution in [0.4, 0.5) is 0 Å². The van der Waals surface area contributed by atoms with Gasteiger partial charge in [0.05, 0.1) is 6.10 Å². The average Bonchev–Trinajstić information content (AvgIpc) is 3.09. The summed E-state index contributed by atoms with van der Waals surface area (Å²) in [6.45, 7) is 12.9. The van der Waals surface area contributed by atoms with E-state index in [1.165, 1.54) is 17.0 Å². The van der Waals surface area contributed by atoms with Crippen LogP contribution in [0.2, 0.25) is 0 Å². The third-order valence-corrected chi connectivity index (χ3v) is 9.26. The number of carbonyl (C=O) groups is 4. The van der Waals surface area contributed by atoms with Gasteiger partial charge in [0.15, 0.2) is 0 Å². The summed E-state index contributed by atoms with van der Waals surface area (Å²) in [5, 5.41) is 15.6. The summed E-state index contributed by atoms with van der Waals surface area (Å²) in [6, 6.07) is 12.7. The summed E-state index contributed by atoms with van der Waals surface area (Å²) in [7, 11) is 3.19. The molecule has 0 fully saturated rings. The Bertz CT molecular complexity index is 1580. The maximum Gasteiger partial charge on any atom is 0.329 e. The van der Waals surface area contributed by atoms with Gasteiger partial charge < -0.3 is 30.1 Å². The number of ether oxygens (including phenoxy) is 2. The topological polar surface area (TPSA) is 134 Å². The molecule has 0 aliphatic carbocycles. The summed E-state index contributed by atoms with van der Waals surface area (Å²) < 4.78 is 12.0. The Labute approximate surface area is 303 Å². The van der Waals surface area contributed by atoms with Crippen molar-refractivity contribution in [3.63, 3.8) is 0 Å². The van der Waals surface area contributed by atoms with Crippen molar-refractivity contribution >= 4 is 23.7 Å². The number of phenolic OH excluding ortho intramolecular Hbond substituents is 1. The van der Waals surface area contributed by atoms with Crippen LogP contribution in [0.15, 0.2) is 90.0 Å². The number of carbonyl (C=O) groups excluding carboxylic acids is 4. The van der Waals surface area contributed by atoms with Crippen molar-refractivity contribution in [1.29, 1.82) is 0 Å². The molecule has 6 atom stereocenters. The number of nitrogens with zero attached hydrogens (tertiary/aromatic N) is 1. The van der Waals surface area contributed by atoms with Crippen molar-refractivity contribution in [2.24, 2.45) is 17.8 Å². The molecule has 51 heavy (non-hydrogen) atoms. The quantitative estimate of drug-likeness (QED) is 0.323. The van der Waals surface area contributed by atoms with Gasteiger partial charge in [-0.3, -0.25) is 14.4 Å². The third-order valence-electron chi connectivity index (χ3n) is 9.26. The van der Waals surface area contributed by atoms with Gasteiger partial charge in [-0.1, -0.05) is 101 Å². The fourth-order valence-corrected chi connectivity index (χ4v) is 6.17. The lowest BCUT2D eigenvalue weighted by molar-refractivity contribution is -0.156. The summed E-state index contributed by atoms with van der Waals surface area (Å²) in [5.41, 5.74) is 2.87. The molecule has 2 aromatic rings. The van der Waals surface area contributed by atoms with Crippen LogP contribution >= 0.6 is 0 Å². The Morgan fingerprint density at radius 1 is 0.922 bits per heavy atom. The van der Waals surface area contributed by atoms with E-state index in [-0.39, 0.29) is 41.9 Å². The molecular formula is C41H55N3O7. The van der Waals surface area contributed by atoms with Gasteiger partial charge in [-0.15, -0.1) is 0 Å². The van der Waals surface area contributed by atoms with E-state index >= 15 is 0 Å². The molecule has 0 aromatic heterocycles.